The molecule has 0 saturated heterocycles. The summed E-state index contributed by atoms with van der Waals surface area (Å²) in [5.74, 6) is -2.79. The lowest BCUT2D eigenvalue weighted by atomic mass is 9.81. The van der Waals surface area contributed by atoms with E-state index in [1.54, 1.807) is 78.0 Å². The van der Waals surface area contributed by atoms with E-state index in [1.807, 2.05) is 13.0 Å². The number of pyridine rings is 1. The molecule has 4 aromatic rings. The van der Waals surface area contributed by atoms with Crippen LogP contribution in [0.3, 0.4) is 0 Å². The number of aromatic nitrogens is 1. The van der Waals surface area contributed by atoms with Gasteiger partial charge in [0.05, 0.1) is 11.3 Å². The van der Waals surface area contributed by atoms with Gasteiger partial charge in [-0.2, -0.15) is 0 Å². The number of hydrogen-bond donors (Lipinski definition) is 1. The second-order valence-corrected chi connectivity index (χ2v) is 9.14. The Labute approximate surface area is 212 Å². The minimum atomic E-state index is -1.85. The van der Waals surface area contributed by atoms with Gasteiger partial charge in [-0.1, -0.05) is 49.4 Å². The first-order valence-corrected chi connectivity index (χ1v) is 12.1. The third-order valence-corrected chi connectivity index (χ3v) is 6.98. The van der Waals surface area contributed by atoms with Crippen molar-refractivity contribution in [2.45, 2.75) is 25.4 Å². The third-order valence-electron chi connectivity index (χ3n) is 6.98. The molecule has 1 unspecified atom stereocenters. The summed E-state index contributed by atoms with van der Waals surface area (Å²) in [4.78, 5) is 49.1. The summed E-state index contributed by atoms with van der Waals surface area (Å²) >= 11 is 0. The Kier molecular flexibility index (Phi) is 5.19. The molecule has 0 saturated carbocycles. The van der Waals surface area contributed by atoms with Crippen molar-refractivity contribution < 1.29 is 23.9 Å². The molecule has 0 bridgehead atoms. The number of carbonyl (C=O) groups excluding carboxylic acids is 3. The first-order valence-electron chi connectivity index (χ1n) is 12.1. The smallest absolute Gasteiger partial charge is 0.290 e. The van der Waals surface area contributed by atoms with Crippen LogP contribution in [0.5, 0.6) is 0 Å². The molecular formula is C29H23N3O5. The highest BCUT2D eigenvalue weighted by Gasteiger charge is 2.65. The lowest BCUT2D eigenvalue weighted by molar-refractivity contribution is -0.140. The van der Waals surface area contributed by atoms with Crippen molar-refractivity contribution >= 4 is 34.3 Å². The van der Waals surface area contributed by atoms with Gasteiger partial charge in [-0.15, -0.1) is 0 Å². The average molecular weight is 494 g/mol. The summed E-state index contributed by atoms with van der Waals surface area (Å²) in [5, 5.41) is 11.9. The first-order chi connectivity index (χ1) is 18.0. The Balaban J connectivity index is 1.59. The average Bonchev–Trinajstić information content (AvgIpc) is 3.53. The van der Waals surface area contributed by atoms with E-state index in [9.17, 15) is 19.5 Å². The Morgan fingerprint density at radius 3 is 2.59 bits per heavy atom. The minimum absolute atomic E-state index is 0.0340. The Morgan fingerprint density at radius 1 is 1.05 bits per heavy atom. The Bertz CT molecular complexity index is 1570. The number of aliphatic hydroxyl groups is 1. The molecule has 1 spiro atoms. The summed E-state index contributed by atoms with van der Waals surface area (Å²) in [6, 6.07) is 19.3. The molecule has 0 radical (unpaired) electrons. The SMILES string of the molecule is CCCN1C(=O)C2(C(C(=O)c3cc4ccccc4o3)=C(O)C(=O)N2Cc2cccnc2)c2ccccc21. The van der Waals surface area contributed by atoms with Gasteiger partial charge < -0.3 is 19.3 Å². The maximum absolute atomic E-state index is 14.4. The molecule has 8 heteroatoms. The largest absolute Gasteiger partial charge is 0.503 e. The molecule has 37 heavy (non-hydrogen) atoms. The fourth-order valence-corrected chi connectivity index (χ4v) is 5.43. The quantitative estimate of drug-likeness (QED) is 0.396. The molecule has 2 amide bonds. The van der Waals surface area contributed by atoms with Crippen LogP contribution in [0, 0.1) is 0 Å². The molecule has 8 nitrogen and oxygen atoms in total. The van der Waals surface area contributed by atoms with Crippen molar-refractivity contribution in [2.24, 2.45) is 0 Å². The van der Waals surface area contributed by atoms with Crippen LogP contribution < -0.4 is 4.90 Å². The molecule has 1 N–H and O–H groups in total. The first kappa shape index (κ1) is 22.7. The van der Waals surface area contributed by atoms with E-state index in [4.69, 9.17) is 4.42 Å². The summed E-state index contributed by atoms with van der Waals surface area (Å²) in [7, 11) is 0. The summed E-state index contributed by atoms with van der Waals surface area (Å²) in [6.07, 6.45) is 3.86. The highest BCUT2D eigenvalue weighted by molar-refractivity contribution is 6.26. The Morgan fingerprint density at radius 2 is 1.84 bits per heavy atom. The van der Waals surface area contributed by atoms with Gasteiger partial charge in [-0.3, -0.25) is 19.4 Å². The number of nitrogens with zero attached hydrogens (tertiary/aromatic N) is 3. The van der Waals surface area contributed by atoms with Crippen LogP contribution in [-0.4, -0.2) is 39.1 Å². The van der Waals surface area contributed by atoms with Crippen LogP contribution in [0.15, 0.2) is 94.9 Å². The molecule has 1 atom stereocenters. The number of anilines is 1. The van der Waals surface area contributed by atoms with Crippen LogP contribution in [0.4, 0.5) is 5.69 Å². The van der Waals surface area contributed by atoms with E-state index in [0.717, 1.165) is 0 Å². The standard InChI is InChI=1S/C29H23N3O5/c1-2-14-31-21-11-5-4-10-20(21)29(28(31)36)24(25(33)23-15-19-9-3-6-12-22(19)37-23)26(34)27(35)32(29)17-18-8-7-13-30-16-18/h3-13,15-16,34H,2,14,17H2,1H3. The maximum Gasteiger partial charge on any atom is 0.290 e. The third kappa shape index (κ3) is 3.15. The zero-order valence-electron chi connectivity index (χ0n) is 20.0. The van der Waals surface area contributed by atoms with Gasteiger partial charge in [-0.05, 0) is 36.2 Å². The zero-order chi connectivity index (χ0) is 25.7. The lowest BCUT2D eigenvalue weighted by Gasteiger charge is -2.35. The predicted molar refractivity (Wildman–Crippen MR) is 136 cm³/mol. The summed E-state index contributed by atoms with van der Waals surface area (Å²) < 4.78 is 5.82. The van der Waals surface area contributed by atoms with Gasteiger partial charge in [0.25, 0.3) is 11.8 Å². The normalized spacial score (nSPS) is 18.9. The van der Waals surface area contributed by atoms with E-state index in [0.29, 0.717) is 40.7 Å². The van der Waals surface area contributed by atoms with Crippen LogP contribution in [0.25, 0.3) is 11.0 Å². The summed E-state index contributed by atoms with van der Waals surface area (Å²) in [6.45, 7) is 2.30. The Hall–Kier alpha value is -4.72. The molecule has 184 valence electrons. The van der Waals surface area contributed by atoms with Crippen molar-refractivity contribution in [3.63, 3.8) is 0 Å². The van der Waals surface area contributed by atoms with Crippen LogP contribution in [0.1, 0.15) is 35.0 Å². The van der Waals surface area contributed by atoms with Crippen molar-refractivity contribution in [3.05, 3.63) is 107 Å². The van der Waals surface area contributed by atoms with Gasteiger partial charge in [0.15, 0.2) is 17.1 Å². The van der Waals surface area contributed by atoms with Gasteiger partial charge in [-0.25, -0.2) is 0 Å². The van der Waals surface area contributed by atoms with Crippen molar-refractivity contribution in [1.82, 2.24) is 9.88 Å². The van der Waals surface area contributed by atoms with Crippen molar-refractivity contribution in [2.75, 3.05) is 11.4 Å². The molecule has 2 aromatic heterocycles. The van der Waals surface area contributed by atoms with E-state index in [-0.39, 0.29) is 17.9 Å². The van der Waals surface area contributed by atoms with Crippen molar-refractivity contribution in [1.29, 1.82) is 0 Å². The van der Waals surface area contributed by atoms with E-state index >= 15 is 0 Å². The number of Topliss-reactive ketones (excluding diaryl/α,β-unsaturated/α-hetero) is 1. The molecular weight excluding hydrogens is 470 g/mol. The topological polar surface area (TPSA) is 104 Å². The predicted octanol–water partition coefficient (Wildman–Crippen LogP) is 4.52. The van der Waals surface area contributed by atoms with Crippen molar-refractivity contribution in [3.8, 4) is 0 Å². The van der Waals surface area contributed by atoms with Gasteiger partial charge in [0, 0.05) is 36.4 Å². The number of amides is 2. The zero-order valence-corrected chi connectivity index (χ0v) is 20.0. The van der Waals surface area contributed by atoms with E-state index in [1.165, 1.54) is 4.90 Å². The maximum atomic E-state index is 14.4. The number of ketones is 1. The minimum Gasteiger partial charge on any atom is -0.503 e. The second-order valence-electron chi connectivity index (χ2n) is 9.14. The number of para-hydroxylation sites is 2. The number of carbonyl (C=O) groups is 3. The van der Waals surface area contributed by atoms with E-state index in [2.05, 4.69) is 4.98 Å². The molecule has 0 aliphatic carbocycles. The van der Waals surface area contributed by atoms with Crippen LogP contribution in [-0.2, 0) is 21.7 Å². The fourth-order valence-electron chi connectivity index (χ4n) is 5.43. The summed E-state index contributed by atoms with van der Waals surface area (Å²) in [5.41, 5.74) is 0.0642. The lowest BCUT2D eigenvalue weighted by Crippen LogP contribution is -2.53. The number of benzene rings is 2. The number of aliphatic hydroxyl groups excluding tert-OH is 1. The van der Waals surface area contributed by atoms with Crippen LogP contribution in [0.2, 0.25) is 0 Å². The van der Waals surface area contributed by atoms with Crippen LogP contribution >= 0.6 is 0 Å². The highest BCUT2D eigenvalue weighted by atomic mass is 16.3. The molecule has 6 rings (SSSR count). The van der Waals surface area contributed by atoms with E-state index < -0.39 is 28.9 Å². The number of hydrogen-bond acceptors (Lipinski definition) is 6. The highest BCUT2D eigenvalue weighted by Crippen LogP contribution is 2.54. The molecule has 2 aliphatic heterocycles. The van der Waals surface area contributed by atoms with Gasteiger partial charge >= 0.3 is 0 Å². The van der Waals surface area contributed by atoms with Gasteiger partial charge in [0.2, 0.25) is 5.78 Å². The number of fused-ring (bicyclic) bond motifs is 3. The monoisotopic (exact) mass is 493 g/mol. The van der Waals surface area contributed by atoms with Gasteiger partial charge in [0.1, 0.15) is 5.58 Å². The number of furan rings is 1. The fraction of sp³-hybridized carbons (Fsp3) is 0.172. The second kappa shape index (κ2) is 8.44. The molecule has 2 aliphatic rings. The number of rotatable bonds is 6. The molecule has 0 fully saturated rings. The molecule has 4 heterocycles. The molecule has 2 aromatic carbocycles.